The van der Waals surface area contributed by atoms with E-state index >= 15 is 0 Å². The van der Waals surface area contributed by atoms with Crippen molar-refractivity contribution in [2.45, 2.75) is 50.0 Å². The maximum atomic E-state index is 14.8. The summed E-state index contributed by atoms with van der Waals surface area (Å²) in [6, 6.07) is 9.75. The topological polar surface area (TPSA) is 130 Å². The second-order valence-corrected chi connectivity index (χ2v) is 11.2. The van der Waals surface area contributed by atoms with Crippen molar-refractivity contribution in [2.24, 2.45) is 0 Å². The Morgan fingerprint density at radius 2 is 1.89 bits per heavy atom. The van der Waals surface area contributed by atoms with E-state index in [1.165, 1.54) is 29.5 Å². The zero-order chi connectivity index (χ0) is 26.9. The van der Waals surface area contributed by atoms with Crippen molar-refractivity contribution in [1.29, 1.82) is 0 Å². The van der Waals surface area contributed by atoms with Crippen molar-refractivity contribution in [3.05, 3.63) is 66.4 Å². The molecule has 0 unspecified atom stereocenters. The average molecular weight is 539 g/mol. The molecule has 0 saturated heterocycles. The third-order valence-electron chi connectivity index (χ3n) is 6.67. The van der Waals surface area contributed by atoms with Crippen LogP contribution in [-0.2, 0) is 14.8 Å². The molecule has 0 amide bonds. The van der Waals surface area contributed by atoms with E-state index in [-0.39, 0.29) is 34.8 Å². The molecule has 2 N–H and O–H groups in total. The number of hydrazine groups is 1. The summed E-state index contributed by atoms with van der Waals surface area (Å²) >= 11 is 0. The normalized spacial score (nSPS) is 14.7. The Morgan fingerprint density at radius 1 is 1.16 bits per heavy atom. The van der Waals surface area contributed by atoms with Crippen LogP contribution in [0.5, 0.6) is 0 Å². The molecule has 1 saturated carbocycles. The molecular weight excluding hydrogens is 511 g/mol. The van der Waals surface area contributed by atoms with Crippen LogP contribution in [0.1, 0.15) is 37.7 Å². The minimum atomic E-state index is -4.00. The van der Waals surface area contributed by atoms with E-state index in [0.717, 1.165) is 47.8 Å². The Labute approximate surface area is 219 Å². The number of fused-ring (bicyclic) bond motifs is 1. The fourth-order valence-corrected chi connectivity index (χ4v) is 6.05. The fourth-order valence-electron chi connectivity index (χ4n) is 4.73. The van der Waals surface area contributed by atoms with E-state index in [2.05, 4.69) is 20.4 Å². The molecule has 1 fully saturated rings. The quantitative estimate of drug-likeness (QED) is 0.317. The van der Waals surface area contributed by atoms with Crippen molar-refractivity contribution in [2.75, 3.05) is 12.0 Å². The van der Waals surface area contributed by atoms with Gasteiger partial charge in [-0.25, -0.2) is 36.7 Å². The molecule has 1 aliphatic rings. The highest BCUT2D eigenvalue weighted by atomic mass is 32.2. The van der Waals surface area contributed by atoms with Gasteiger partial charge in [-0.15, -0.1) is 0 Å². The predicted octanol–water partition coefficient (Wildman–Crippen LogP) is 4.22. The van der Waals surface area contributed by atoms with Crippen molar-refractivity contribution in [1.82, 2.24) is 23.9 Å². The molecule has 0 aliphatic heterocycles. The number of aliphatic carboxylic acids is 1. The summed E-state index contributed by atoms with van der Waals surface area (Å²) in [6.07, 6.45) is 8.42. The Morgan fingerprint density at radius 3 is 2.61 bits per heavy atom. The SMILES string of the molecule is Cc1ccc(S(=O)(=O)n2cc(-c3ncc(F)c(NN(CC(=O)O)C4CCCCC4)n3)c3cccnc32)cc1. The van der Waals surface area contributed by atoms with Crippen LogP contribution in [-0.4, -0.2) is 56.0 Å². The number of hydrogen-bond donors (Lipinski definition) is 2. The van der Waals surface area contributed by atoms with E-state index in [1.54, 1.807) is 24.3 Å². The number of nitrogens with zero attached hydrogens (tertiary/aromatic N) is 5. The standard InChI is InChI=1S/C26H27FN6O4S/c1-17-9-11-19(12-10-17)38(36,37)33-15-21(20-8-5-13-28-26(20)33)24-29-14-22(27)25(30-24)31-32(16-23(34)35)18-6-3-2-4-7-18/h5,8-15,18H,2-4,6-7,16H2,1H3,(H,34,35)(H,29,30,31). The number of carbonyl (C=O) groups is 1. The lowest BCUT2D eigenvalue weighted by atomic mass is 9.95. The molecule has 0 spiro atoms. The first-order valence-corrected chi connectivity index (χ1v) is 13.7. The third kappa shape index (κ3) is 5.09. The van der Waals surface area contributed by atoms with Gasteiger partial charge in [0.1, 0.15) is 6.54 Å². The number of carboxylic acid groups (broad SMARTS) is 1. The molecule has 0 radical (unpaired) electrons. The minimum Gasteiger partial charge on any atom is -0.480 e. The van der Waals surface area contributed by atoms with Gasteiger partial charge in [0.2, 0.25) is 0 Å². The number of anilines is 1. The molecule has 12 heteroatoms. The molecule has 0 bridgehead atoms. The summed E-state index contributed by atoms with van der Waals surface area (Å²) in [5.41, 5.74) is 4.30. The Hall–Kier alpha value is -3.90. The van der Waals surface area contributed by atoms with E-state index in [0.29, 0.717) is 10.9 Å². The zero-order valence-electron chi connectivity index (χ0n) is 20.7. The van der Waals surface area contributed by atoms with Gasteiger partial charge in [-0.3, -0.25) is 10.2 Å². The molecule has 3 heterocycles. The van der Waals surface area contributed by atoms with Crippen molar-refractivity contribution in [3.63, 3.8) is 0 Å². The van der Waals surface area contributed by atoms with Gasteiger partial charge in [0, 0.05) is 29.4 Å². The molecule has 10 nitrogen and oxygen atoms in total. The number of rotatable bonds is 8. The van der Waals surface area contributed by atoms with Gasteiger partial charge < -0.3 is 5.11 Å². The van der Waals surface area contributed by atoms with Crippen LogP contribution in [0.4, 0.5) is 10.2 Å². The smallest absolute Gasteiger partial charge is 0.319 e. The Kier molecular flexibility index (Phi) is 7.09. The molecule has 38 heavy (non-hydrogen) atoms. The highest BCUT2D eigenvalue weighted by molar-refractivity contribution is 7.90. The largest absolute Gasteiger partial charge is 0.480 e. The van der Waals surface area contributed by atoms with Crippen LogP contribution in [0.15, 0.2) is 59.9 Å². The van der Waals surface area contributed by atoms with Crippen LogP contribution >= 0.6 is 0 Å². The molecule has 1 aromatic carbocycles. The fraction of sp³-hybridized carbons (Fsp3) is 0.308. The van der Waals surface area contributed by atoms with Crippen LogP contribution in [0.2, 0.25) is 0 Å². The summed E-state index contributed by atoms with van der Waals surface area (Å²) in [7, 11) is -4.00. The van der Waals surface area contributed by atoms with Gasteiger partial charge >= 0.3 is 5.97 Å². The van der Waals surface area contributed by atoms with Gasteiger partial charge in [-0.2, -0.15) is 0 Å². The van der Waals surface area contributed by atoms with E-state index in [9.17, 15) is 22.7 Å². The number of halogens is 1. The summed E-state index contributed by atoms with van der Waals surface area (Å²) in [5, 5.41) is 11.4. The number of hydrogen-bond acceptors (Lipinski definition) is 8. The summed E-state index contributed by atoms with van der Waals surface area (Å²) in [4.78, 5) is 24.4. The number of carboxylic acids is 1. The van der Waals surface area contributed by atoms with Gasteiger partial charge in [-0.05, 0) is 44.0 Å². The van der Waals surface area contributed by atoms with Crippen LogP contribution in [0.3, 0.4) is 0 Å². The Bertz CT molecular complexity index is 1580. The molecule has 0 atom stereocenters. The lowest BCUT2D eigenvalue weighted by molar-refractivity contribution is -0.138. The molecule has 4 aromatic rings. The second kappa shape index (κ2) is 10.5. The third-order valence-corrected chi connectivity index (χ3v) is 8.33. The zero-order valence-corrected chi connectivity index (χ0v) is 21.5. The first-order valence-electron chi connectivity index (χ1n) is 12.3. The minimum absolute atomic E-state index is 0.0728. The summed E-state index contributed by atoms with van der Waals surface area (Å²) in [6.45, 7) is 1.53. The summed E-state index contributed by atoms with van der Waals surface area (Å²) < 4.78 is 42.9. The number of aryl methyl sites for hydroxylation is 1. The van der Waals surface area contributed by atoms with Crippen molar-refractivity contribution in [3.8, 4) is 11.4 Å². The Balaban J connectivity index is 1.56. The van der Waals surface area contributed by atoms with Crippen molar-refractivity contribution >= 4 is 32.8 Å². The van der Waals surface area contributed by atoms with Crippen LogP contribution in [0, 0.1) is 12.7 Å². The number of nitrogens with one attached hydrogen (secondary N) is 1. The van der Waals surface area contributed by atoms with Crippen LogP contribution in [0.25, 0.3) is 22.4 Å². The molecule has 5 rings (SSSR count). The monoisotopic (exact) mass is 538 g/mol. The summed E-state index contributed by atoms with van der Waals surface area (Å²) in [5.74, 6) is -1.92. The van der Waals surface area contributed by atoms with E-state index in [4.69, 9.17) is 0 Å². The molecule has 1 aliphatic carbocycles. The predicted molar refractivity (Wildman–Crippen MR) is 139 cm³/mol. The lowest BCUT2D eigenvalue weighted by Crippen LogP contribution is -2.44. The van der Waals surface area contributed by atoms with Gasteiger partial charge in [0.25, 0.3) is 10.0 Å². The lowest BCUT2D eigenvalue weighted by Gasteiger charge is -2.33. The van der Waals surface area contributed by atoms with Crippen molar-refractivity contribution < 1.29 is 22.7 Å². The first-order chi connectivity index (χ1) is 18.2. The van der Waals surface area contributed by atoms with Crippen LogP contribution < -0.4 is 5.43 Å². The maximum absolute atomic E-state index is 14.8. The number of aromatic nitrogens is 4. The highest BCUT2D eigenvalue weighted by Crippen LogP contribution is 2.31. The van der Waals surface area contributed by atoms with E-state index in [1.807, 2.05) is 6.92 Å². The molecule has 3 aromatic heterocycles. The van der Waals surface area contributed by atoms with E-state index < -0.39 is 21.8 Å². The maximum Gasteiger partial charge on any atom is 0.319 e. The first kappa shape index (κ1) is 25.7. The number of benzene rings is 1. The molecular formula is C26H27FN6O4S. The van der Waals surface area contributed by atoms with Gasteiger partial charge in [0.15, 0.2) is 23.1 Å². The van der Waals surface area contributed by atoms with Gasteiger partial charge in [0.05, 0.1) is 11.1 Å². The number of pyridine rings is 1. The molecule has 198 valence electrons. The highest BCUT2D eigenvalue weighted by Gasteiger charge is 2.26. The van der Waals surface area contributed by atoms with Gasteiger partial charge in [-0.1, -0.05) is 37.0 Å². The second-order valence-electron chi connectivity index (χ2n) is 9.35. The average Bonchev–Trinajstić information content (AvgIpc) is 3.31.